The highest BCUT2D eigenvalue weighted by Crippen LogP contribution is 2.24. The zero-order chi connectivity index (χ0) is 20.9. The smallest absolute Gasteiger partial charge is 0.264 e. The molecule has 0 bridgehead atoms. The molecule has 0 saturated carbocycles. The second-order valence-corrected chi connectivity index (χ2v) is 8.10. The van der Waals surface area contributed by atoms with Crippen LogP contribution in [0.25, 0.3) is 0 Å². The van der Waals surface area contributed by atoms with Crippen LogP contribution >= 0.6 is 0 Å². The molecule has 0 spiro atoms. The lowest BCUT2D eigenvalue weighted by Gasteiger charge is -2.19. The van der Waals surface area contributed by atoms with Crippen molar-refractivity contribution in [3.63, 3.8) is 0 Å². The molecule has 3 aromatic rings. The van der Waals surface area contributed by atoms with Gasteiger partial charge >= 0.3 is 0 Å². The summed E-state index contributed by atoms with van der Waals surface area (Å²) in [5.74, 6) is -0.494. The fraction of sp³-hybridized carbons (Fsp3) is 0.0952. The highest BCUT2D eigenvalue weighted by molar-refractivity contribution is 7.92. The molecule has 1 N–H and O–H groups in total. The predicted octanol–water partition coefficient (Wildman–Crippen LogP) is 3.67. The molecule has 0 aliphatic rings. The number of sulfonamides is 1. The summed E-state index contributed by atoms with van der Waals surface area (Å²) in [7, 11) is -2.21. The molecule has 3 aromatic carbocycles. The van der Waals surface area contributed by atoms with Crippen molar-refractivity contribution < 1.29 is 22.3 Å². The van der Waals surface area contributed by atoms with Gasteiger partial charge in [0.1, 0.15) is 11.6 Å². The first-order chi connectivity index (χ1) is 13.9. The number of rotatable bonds is 7. The van der Waals surface area contributed by atoms with Crippen LogP contribution < -0.4 is 14.4 Å². The zero-order valence-corrected chi connectivity index (χ0v) is 16.4. The Morgan fingerprint density at radius 1 is 1.00 bits per heavy atom. The van der Waals surface area contributed by atoms with Gasteiger partial charge in [-0.15, -0.1) is 0 Å². The Balaban J connectivity index is 1.60. The zero-order valence-electron chi connectivity index (χ0n) is 15.6. The molecular formula is C21H19FN2O4S. The first-order valence-electron chi connectivity index (χ1n) is 8.68. The third kappa shape index (κ3) is 5.11. The van der Waals surface area contributed by atoms with Crippen LogP contribution in [0.2, 0.25) is 0 Å². The van der Waals surface area contributed by atoms with Crippen LogP contribution in [-0.4, -0.2) is 28.0 Å². The monoisotopic (exact) mass is 414 g/mol. The molecule has 0 saturated heterocycles. The van der Waals surface area contributed by atoms with Crippen LogP contribution in [0.1, 0.15) is 0 Å². The fourth-order valence-corrected chi connectivity index (χ4v) is 3.77. The quantitative estimate of drug-likeness (QED) is 0.640. The predicted molar refractivity (Wildman–Crippen MR) is 109 cm³/mol. The second kappa shape index (κ2) is 8.74. The minimum absolute atomic E-state index is 0.192. The van der Waals surface area contributed by atoms with E-state index in [1.807, 2.05) is 0 Å². The number of anilines is 2. The van der Waals surface area contributed by atoms with Crippen molar-refractivity contribution in [3.05, 3.63) is 84.7 Å². The summed E-state index contributed by atoms with van der Waals surface area (Å²) >= 11 is 0. The SMILES string of the molecule is CN(c1ccc(OCC(=O)Nc2cccc(F)c2)cc1)S(=O)(=O)c1ccccc1. The Hall–Kier alpha value is -3.39. The Morgan fingerprint density at radius 3 is 2.34 bits per heavy atom. The molecule has 3 rings (SSSR count). The van der Waals surface area contributed by atoms with Gasteiger partial charge in [-0.25, -0.2) is 12.8 Å². The van der Waals surface area contributed by atoms with Gasteiger partial charge in [-0.2, -0.15) is 0 Å². The van der Waals surface area contributed by atoms with Crippen LogP contribution in [0.4, 0.5) is 15.8 Å². The number of amides is 1. The number of hydrogen-bond donors (Lipinski definition) is 1. The highest BCUT2D eigenvalue weighted by atomic mass is 32.2. The van der Waals surface area contributed by atoms with Crippen molar-refractivity contribution in [3.8, 4) is 5.75 Å². The highest BCUT2D eigenvalue weighted by Gasteiger charge is 2.20. The van der Waals surface area contributed by atoms with Gasteiger partial charge in [-0.1, -0.05) is 24.3 Å². The normalized spacial score (nSPS) is 11.0. The molecule has 0 heterocycles. The summed E-state index contributed by atoms with van der Waals surface area (Å²) in [6.07, 6.45) is 0. The number of benzene rings is 3. The molecule has 0 unspecified atom stereocenters. The lowest BCUT2D eigenvalue weighted by Crippen LogP contribution is -2.26. The van der Waals surface area contributed by atoms with Gasteiger partial charge < -0.3 is 10.1 Å². The van der Waals surface area contributed by atoms with Gasteiger partial charge in [0.05, 0.1) is 10.6 Å². The maximum Gasteiger partial charge on any atom is 0.264 e. The lowest BCUT2D eigenvalue weighted by atomic mass is 10.3. The molecule has 8 heteroatoms. The van der Waals surface area contributed by atoms with Crippen LogP contribution in [-0.2, 0) is 14.8 Å². The Labute approximate surface area is 168 Å². The van der Waals surface area contributed by atoms with Gasteiger partial charge in [0.25, 0.3) is 15.9 Å². The number of ether oxygens (including phenoxy) is 1. The van der Waals surface area contributed by atoms with E-state index in [4.69, 9.17) is 4.74 Å². The largest absolute Gasteiger partial charge is 0.484 e. The van der Waals surface area contributed by atoms with E-state index in [0.717, 1.165) is 0 Å². The van der Waals surface area contributed by atoms with Crippen molar-refractivity contribution in [2.45, 2.75) is 4.90 Å². The van der Waals surface area contributed by atoms with E-state index in [-0.39, 0.29) is 11.5 Å². The molecule has 0 aliphatic heterocycles. The topological polar surface area (TPSA) is 75.7 Å². The van der Waals surface area contributed by atoms with E-state index in [2.05, 4.69) is 5.32 Å². The summed E-state index contributed by atoms with van der Waals surface area (Å²) in [5.41, 5.74) is 0.784. The Morgan fingerprint density at radius 2 is 1.69 bits per heavy atom. The summed E-state index contributed by atoms with van der Waals surface area (Å²) in [4.78, 5) is 12.1. The number of hydrogen-bond acceptors (Lipinski definition) is 4. The number of carbonyl (C=O) groups excluding carboxylic acids is 1. The van der Waals surface area contributed by atoms with Crippen molar-refractivity contribution in [1.29, 1.82) is 0 Å². The molecular weight excluding hydrogens is 395 g/mol. The average molecular weight is 414 g/mol. The van der Waals surface area contributed by atoms with Gasteiger partial charge in [0, 0.05) is 12.7 Å². The minimum Gasteiger partial charge on any atom is -0.484 e. The molecule has 0 atom stereocenters. The standard InChI is InChI=1S/C21H19FN2O4S/c1-24(29(26,27)20-8-3-2-4-9-20)18-10-12-19(13-11-18)28-15-21(25)23-17-7-5-6-16(22)14-17/h2-14H,15H2,1H3,(H,23,25). The molecule has 0 fully saturated rings. The first-order valence-corrected chi connectivity index (χ1v) is 10.1. The van der Waals surface area contributed by atoms with E-state index < -0.39 is 21.7 Å². The second-order valence-electron chi connectivity index (χ2n) is 6.13. The van der Waals surface area contributed by atoms with Crippen molar-refractivity contribution in [1.82, 2.24) is 0 Å². The van der Waals surface area contributed by atoms with Gasteiger partial charge in [-0.3, -0.25) is 9.10 Å². The fourth-order valence-electron chi connectivity index (χ4n) is 2.55. The molecule has 1 amide bonds. The lowest BCUT2D eigenvalue weighted by molar-refractivity contribution is -0.118. The summed E-state index contributed by atoms with van der Waals surface area (Å²) in [6, 6.07) is 20.0. The van der Waals surface area contributed by atoms with E-state index in [0.29, 0.717) is 17.1 Å². The van der Waals surface area contributed by atoms with Gasteiger partial charge in [0.2, 0.25) is 0 Å². The summed E-state index contributed by atoms with van der Waals surface area (Å²) < 4.78 is 45.0. The number of halogens is 1. The van der Waals surface area contributed by atoms with Crippen molar-refractivity contribution in [2.75, 3.05) is 23.3 Å². The minimum atomic E-state index is -3.67. The van der Waals surface area contributed by atoms with E-state index in [9.17, 15) is 17.6 Å². The maximum absolute atomic E-state index is 13.1. The Kier molecular flexibility index (Phi) is 6.13. The third-order valence-corrected chi connectivity index (χ3v) is 5.88. The number of nitrogens with one attached hydrogen (secondary N) is 1. The van der Waals surface area contributed by atoms with Gasteiger partial charge in [0.15, 0.2) is 6.61 Å². The van der Waals surface area contributed by atoms with Crippen LogP contribution in [0.15, 0.2) is 83.8 Å². The molecule has 0 radical (unpaired) electrons. The van der Waals surface area contributed by atoms with Crippen LogP contribution in [0, 0.1) is 5.82 Å². The molecule has 0 aliphatic carbocycles. The molecule has 0 aromatic heterocycles. The molecule has 6 nitrogen and oxygen atoms in total. The van der Waals surface area contributed by atoms with Crippen molar-refractivity contribution in [2.24, 2.45) is 0 Å². The van der Waals surface area contributed by atoms with E-state index in [1.54, 1.807) is 48.5 Å². The summed E-state index contributed by atoms with van der Waals surface area (Å²) in [5, 5.41) is 2.53. The van der Waals surface area contributed by atoms with E-state index >= 15 is 0 Å². The van der Waals surface area contributed by atoms with Crippen molar-refractivity contribution >= 4 is 27.3 Å². The molecule has 29 heavy (non-hydrogen) atoms. The van der Waals surface area contributed by atoms with Crippen LogP contribution in [0.3, 0.4) is 0 Å². The summed E-state index contributed by atoms with van der Waals surface area (Å²) in [6.45, 7) is -0.270. The average Bonchev–Trinajstić information content (AvgIpc) is 2.73. The number of nitrogens with zero attached hydrogens (tertiary/aromatic N) is 1. The first kappa shape index (κ1) is 20.3. The van der Waals surface area contributed by atoms with Gasteiger partial charge in [-0.05, 0) is 54.6 Å². The van der Waals surface area contributed by atoms with E-state index in [1.165, 1.54) is 41.7 Å². The molecule has 150 valence electrons. The number of carbonyl (C=O) groups is 1. The maximum atomic E-state index is 13.1. The van der Waals surface area contributed by atoms with Crippen LogP contribution in [0.5, 0.6) is 5.75 Å². The Bertz CT molecular complexity index is 1090. The third-order valence-electron chi connectivity index (χ3n) is 4.08.